The fraction of sp³-hybridized carbons (Fsp3) is 0.556. The predicted octanol–water partition coefficient (Wildman–Crippen LogP) is -1.93. The number of carboxylic acids is 2. The van der Waals surface area contributed by atoms with Gasteiger partial charge in [-0.1, -0.05) is 0 Å². The maximum Gasteiger partial charge on any atom is 0.326 e. The lowest BCUT2D eigenvalue weighted by molar-refractivity contribution is -0.141. The molecule has 0 radical (unpaired) electrons. The topological polar surface area (TPSA) is 217 Å². The van der Waals surface area contributed by atoms with Gasteiger partial charge in [-0.15, -0.1) is 0 Å². The lowest BCUT2D eigenvalue weighted by Crippen LogP contribution is -2.53. The third kappa shape index (κ3) is 10.3. The first kappa shape index (κ1) is 26.9. The fourth-order valence-corrected chi connectivity index (χ4v) is 3.03. The largest absolute Gasteiger partial charge is 0.481 e. The number of nitrogens with zero attached hydrogens (tertiary/aromatic N) is 1. The highest BCUT2D eigenvalue weighted by Crippen LogP contribution is 2.03. The van der Waals surface area contributed by atoms with Crippen LogP contribution >= 0.6 is 11.8 Å². The zero-order chi connectivity index (χ0) is 24.1. The van der Waals surface area contributed by atoms with E-state index in [-0.39, 0.29) is 12.8 Å². The van der Waals surface area contributed by atoms with E-state index in [1.54, 1.807) is 0 Å². The van der Waals surface area contributed by atoms with Crippen molar-refractivity contribution < 1.29 is 34.2 Å². The molecule has 1 heterocycles. The number of carboxylic acid groups (broad SMARTS) is 2. The molecule has 32 heavy (non-hydrogen) atoms. The lowest BCUT2D eigenvalue weighted by atomic mass is 10.1. The summed E-state index contributed by atoms with van der Waals surface area (Å²) < 4.78 is 0. The van der Waals surface area contributed by atoms with Gasteiger partial charge < -0.3 is 36.9 Å². The molecule has 0 aliphatic rings. The SMILES string of the molecule is CSCCC(N)C(=O)NC(CCC(=O)O)C(=O)NCC(=O)NC(Cc1cnc[nH]1)C(=O)O. The van der Waals surface area contributed by atoms with E-state index >= 15 is 0 Å². The predicted molar refractivity (Wildman–Crippen MR) is 115 cm³/mol. The molecule has 0 saturated carbocycles. The molecule has 0 saturated heterocycles. The van der Waals surface area contributed by atoms with E-state index in [9.17, 15) is 29.1 Å². The molecule has 0 aliphatic heterocycles. The monoisotopic (exact) mass is 472 g/mol. The second-order valence-electron chi connectivity index (χ2n) is 6.84. The Kier molecular flexibility index (Phi) is 11.8. The smallest absolute Gasteiger partial charge is 0.326 e. The molecule has 0 fully saturated rings. The van der Waals surface area contributed by atoms with Gasteiger partial charge in [-0.25, -0.2) is 9.78 Å². The van der Waals surface area contributed by atoms with Crippen LogP contribution in [0, 0.1) is 0 Å². The average molecular weight is 473 g/mol. The van der Waals surface area contributed by atoms with Gasteiger partial charge in [0.25, 0.3) is 0 Å². The molecule has 13 nitrogen and oxygen atoms in total. The van der Waals surface area contributed by atoms with Crippen LogP contribution < -0.4 is 21.7 Å². The molecule has 3 unspecified atom stereocenters. The summed E-state index contributed by atoms with van der Waals surface area (Å²) >= 11 is 1.50. The van der Waals surface area contributed by atoms with Gasteiger partial charge in [0.2, 0.25) is 17.7 Å². The molecule has 3 atom stereocenters. The van der Waals surface area contributed by atoms with Gasteiger partial charge in [-0.2, -0.15) is 11.8 Å². The molecule has 1 aromatic heterocycles. The van der Waals surface area contributed by atoms with Crippen molar-refractivity contribution in [2.45, 2.75) is 43.8 Å². The normalized spacial score (nSPS) is 13.4. The Morgan fingerprint density at radius 2 is 1.84 bits per heavy atom. The number of hydrogen-bond acceptors (Lipinski definition) is 8. The summed E-state index contributed by atoms with van der Waals surface area (Å²) in [7, 11) is 0. The maximum absolute atomic E-state index is 12.4. The number of nitrogens with two attached hydrogens (primary N) is 1. The van der Waals surface area contributed by atoms with E-state index in [0.29, 0.717) is 17.9 Å². The Hall–Kier alpha value is -3.13. The standard InChI is InChI=1S/C18H28N6O7S/c1-32-5-4-11(19)16(28)24-12(2-3-15(26)27)17(29)21-8-14(25)23-13(18(30)31)6-10-7-20-9-22-10/h7,9,11-13H,2-6,8,19H2,1H3,(H,20,22)(H,21,29)(H,23,25)(H,24,28)(H,26,27)(H,30,31). The summed E-state index contributed by atoms with van der Waals surface area (Å²) in [6.07, 6.45) is 4.37. The number of rotatable bonds is 15. The summed E-state index contributed by atoms with van der Waals surface area (Å²) in [5.74, 6) is -3.98. The van der Waals surface area contributed by atoms with Gasteiger partial charge >= 0.3 is 11.9 Å². The summed E-state index contributed by atoms with van der Waals surface area (Å²) in [5, 5.41) is 25.1. The van der Waals surface area contributed by atoms with E-state index in [4.69, 9.17) is 10.8 Å². The second-order valence-corrected chi connectivity index (χ2v) is 7.82. The number of imidazole rings is 1. The molecule has 0 bridgehead atoms. The molecule has 0 aromatic carbocycles. The highest BCUT2D eigenvalue weighted by atomic mass is 32.2. The molecule has 0 spiro atoms. The van der Waals surface area contributed by atoms with Crippen LogP contribution in [0.2, 0.25) is 0 Å². The Morgan fingerprint density at radius 3 is 2.41 bits per heavy atom. The Balaban J connectivity index is 2.64. The molecule has 14 heteroatoms. The van der Waals surface area contributed by atoms with Gasteiger partial charge in [0.05, 0.1) is 18.9 Å². The third-order valence-electron chi connectivity index (χ3n) is 4.28. The zero-order valence-corrected chi connectivity index (χ0v) is 18.3. The third-order valence-corrected chi connectivity index (χ3v) is 4.93. The van der Waals surface area contributed by atoms with Crippen LogP contribution in [0.3, 0.4) is 0 Å². The molecule has 178 valence electrons. The summed E-state index contributed by atoms with van der Waals surface area (Å²) in [6.45, 7) is -0.566. The Labute approximate surface area is 188 Å². The van der Waals surface area contributed by atoms with Crippen LogP contribution in [-0.4, -0.2) is 86.5 Å². The highest BCUT2D eigenvalue weighted by Gasteiger charge is 2.26. The van der Waals surface area contributed by atoms with Crippen molar-refractivity contribution in [1.82, 2.24) is 25.9 Å². The van der Waals surface area contributed by atoms with E-state index in [0.717, 1.165) is 0 Å². The van der Waals surface area contributed by atoms with E-state index in [1.165, 1.54) is 24.3 Å². The number of aromatic amines is 1. The first-order chi connectivity index (χ1) is 15.1. The Bertz CT molecular complexity index is 789. The number of aliphatic carboxylic acids is 2. The van der Waals surface area contributed by atoms with Gasteiger partial charge in [-0.3, -0.25) is 19.2 Å². The first-order valence-corrected chi connectivity index (χ1v) is 11.1. The average Bonchev–Trinajstić information content (AvgIpc) is 3.25. The van der Waals surface area contributed by atoms with Crippen LogP contribution in [0.25, 0.3) is 0 Å². The minimum Gasteiger partial charge on any atom is -0.481 e. The van der Waals surface area contributed by atoms with Crippen molar-refractivity contribution in [1.29, 1.82) is 0 Å². The zero-order valence-electron chi connectivity index (χ0n) is 17.5. The van der Waals surface area contributed by atoms with E-state index < -0.39 is 60.8 Å². The fourth-order valence-electron chi connectivity index (χ4n) is 2.54. The number of carbonyl (C=O) groups excluding carboxylic acids is 3. The number of carbonyl (C=O) groups is 5. The van der Waals surface area contributed by atoms with Gasteiger partial charge in [-0.05, 0) is 24.9 Å². The minimum atomic E-state index is -1.27. The maximum atomic E-state index is 12.4. The van der Waals surface area contributed by atoms with Gasteiger partial charge in [0, 0.05) is 24.7 Å². The van der Waals surface area contributed by atoms with Crippen molar-refractivity contribution >= 4 is 41.4 Å². The minimum absolute atomic E-state index is 0.0414. The summed E-state index contributed by atoms with van der Waals surface area (Å²) in [4.78, 5) is 65.5. The van der Waals surface area contributed by atoms with Crippen LogP contribution in [0.1, 0.15) is 25.0 Å². The van der Waals surface area contributed by atoms with Crippen LogP contribution in [0.15, 0.2) is 12.5 Å². The molecule has 1 aromatic rings. The first-order valence-electron chi connectivity index (χ1n) is 9.67. The van der Waals surface area contributed by atoms with Crippen LogP contribution in [0.4, 0.5) is 0 Å². The Morgan fingerprint density at radius 1 is 1.12 bits per heavy atom. The number of aromatic nitrogens is 2. The number of thioether (sulfide) groups is 1. The van der Waals surface area contributed by atoms with Crippen molar-refractivity contribution in [3.8, 4) is 0 Å². The quantitative estimate of drug-likeness (QED) is 0.150. The van der Waals surface area contributed by atoms with Crippen molar-refractivity contribution in [2.75, 3.05) is 18.6 Å². The number of nitrogens with one attached hydrogen (secondary N) is 4. The lowest BCUT2D eigenvalue weighted by Gasteiger charge is -2.20. The molecule has 1 rings (SSSR count). The molecule has 8 N–H and O–H groups in total. The van der Waals surface area contributed by atoms with Crippen molar-refractivity contribution in [3.63, 3.8) is 0 Å². The molecule has 0 aliphatic carbocycles. The van der Waals surface area contributed by atoms with Gasteiger partial charge in [0.15, 0.2) is 0 Å². The van der Waals surface area contributed by atoms with E-state index in [2.05, 4.69) is 25.9 Å². The van der Waals surface area contributed by atoms with Crippen LogP contribution in [0.5, 0.6) is 0 Å². The van der Waals surface area contributed by atoms with Crippen molar-refractivity contribution in [2.24, 2.45) is 5.73 Å². The highest BCUT2D eigenvalue weighted by molar-refractivity contribution is 7.98. The molecule has 3 amide bonds. The molecular formula is C18H28N6O7S. The van der Waals surface area contributed by atoms with Crippen molar-refractivity contribution in [3.05, 3.63) is 18.2 Å². The van der Waals surface area contributed by atoms with Gasteiger partial charge in [0.1, 0.15) is 12.1 Å². The summed E-state index contributed by atoms with van der Waals surface area (Å²) in [5.41, 5.74) is 6.26. The number of amides is 3. The van der Waals surface area contributed by atoms with E-state index in [1.807, 2.05) is 6.26 Å². The summed E-state index contributed by atoms with van der Waals surface area (Å²) in [6, 6.07) is -3.34. The number of H-pyrrole nitrogens is 1. The molecular weight excluding hydrogens is 444 g/mol. The second kappa shape index (κ2) is 14.0. The van der Waals surface area contributed by atoms with Crippen LogP contribution in [-0.2, 0) is 30.4 Å². The number of hydrogen-bond donors (Lipinski definition) is 7.